The van der Waals surface area contributed by atoms with Gasteiger partial charge in [-0.05, 0) is 30.3 Å². The van der Waals surface area contributed by atoms with Gasteiger partial charge in [-0.3, -0.25) is 25.0 Å². The SMILES string of the molecule is O=C1C[C@@H](C(=O)Nc2ccc([N+](=O)[O-])cc2)N=C(Nc2cccc(C(F)(F)F)c2)N1. The topological polar surface area (TPSA) is 126 Å². The molecule has 2 aromatic rings. The lowest BCUT2D eigenvalue weighted by Gasteiger charge is -2.21. The third-order valence-corrected chi connectivity index (χ3v) is 4.02. The van der Waals surface area contributed by atoms with Gasteiger partial charge in [0, 0.05) is 23.5 Å². The average molecular weight is 421 g/mol. The van der Waals surface area contributed by atoms with E-state index in [2.05, 4.69) is 20.9 Å². The van der Waals surface area contributed by atoms with Gasteiger partial charge in [0.1, 0.15) is 6.04 Å². The first kappa shape index (κ1) is 20.8. The second kappa shape index (κ2) is 8.19. The Hall–Kier alpha value is -3.96. The first-order valence-corrected chi connectivity index (χ1v) is 8.49. The molecule has 30 heavy (non-hydrogen) atoms. The van der Waals surface area contributed by atoms with Crippen molar-refractivity contribution in [2.45, 2.75) is 18.6 Å². The van der Waals surface area contributed by atoms with Crippen molar-refractivity contribution in [1.82, 2.24) is 5.32 Å². The number of benzene rings is 2. The summed E-state index contributed by atoms with van der Waals surface area (Å²) < 4.78 is 38.5. The molecule has 156 valence electrons. The largest absolute Gasteiger partial charge is 0.416 e. The molecule has 0 aliphatic carbocycles. The first-order chi connectivity index (χ1) is 14.1. The fraction of sp³-hybridized carbons (Fsp3) is 0.167. The van der Waals surface area contributed by atoms with E-state index in [0.29, 0.717) is 0 Å². The Morgan fingerprint density at radius 2 is 1.87 bits per heavy atom. The van der Waals surface area contributed by atoms with Gasteiger partial charge >= 0.3 is 6.18 Å². The van der Waals surface area contributed by atoms with E-state index in [1.807, 2.05) is 0 Å². The molecule has 1 aliphatic rings. The molecule has 2 aromatic carbocycles. The molecule has 0 fully saturated rings. The Morgan fingerprint density at radius 1 is 1.17 bits per heavy atom. The summed E-state index contributed by atoms with van der Waals surface area (Å²) in [6.07, 6.45) is -4.81. The molecule has 3 rings (SSSR count). The smallest absolute Gasteiger partial charge is 0.326 e. The highest BCUT2D eigenvalue weighted by molar-refractivity contribution is 6.10. The highest BCUT2D eigenvalue weighted by atomic mass is 19.4. The maximum absolute atomic E-state index is 12.8. The first-order valence-electron chi connectivity index (χ1n) is 8.49. The summed E-state index contributed by atoms with van der Waals surface area (Å²) in [7, 11) is 0. The lowest BCUT2D eigenvalue weighted by Crippen LogP contribution is -2.45. The molecular formula is C18H14F3N5O4. The van der Waals surface area contributed by atoms with Gasteiger partial charge in [0.25, 0.3) is 5.69 Å². The predicted octanol–water partition coefficient (Wildman–Crippen LogP) is 2.91. The van der Waals surface area contributed by atoms with Crippen molar-refractivity contribution in [3.63, 3.8) is 0 Å². The molecule has 0 spiro atoms. The number of nitro groups is 1. The molecule has 1 aliphatic heterocycles. The zero-order valence-corrected chi connectivity index (χ0v) is 15.1. The average Bonchev–Trinajstić information content (AvgIpc) is 2.67. The predicted molar refractivity (Wildman–Crippen MR) is 101 cm³/mol. The number of anilines is 2. The quantitative estimate of drug-likeness (QED) is 0.517. The molecule has 0 unspecified atom stereocenters. The van der Waals surface area contributed by atoms with Gasteiger partial charge in [0.05, 0.1) is 16.9 Å². The number of non-ortho nitro benzene ring substituents is 1. The van der Waals surface area contributed by atoms with Crippen molar-refractivity contribution in [2.75, 3.05) is 10.6 Å². The molecule has 12 heteroatoms. The van der Waals surface area contributed by atoms with Gasteiger partial charge in [-0.15, -0.1) is 0 Å². The van der Waals surface area contributed by atoms with Crippen LogP contribution in [0.15, 0.2) is 53.5 Å². The summed E-state index contributed by atoms with van der Waals surface area (Å²) in [5.41, 5.74) is -0.752. The maximum Gasteiger partial charge on any atom is 0.416 e. The van der Waals surface area contributed by atoms with Gasteiger partial charge in [-0.2, -0.15) is 13.2 Å². The number of carbonyl (C=O) groups is 2. The van der Waals surface area contributed by atoms with Crippen LogP contribution in [0.4, 0.5) is 30.2 Å². The second-order valence-electron chi connectivity index (χ2n) is 6.24. The van der Waals surface area contributed by atoms with Crippen molar-refractivity contribution in [2.24, 2.45) is 4.99 Å². The van der Waals surface area contributed by atoms with Crippen LogP contribution in [0.5, 0.6) is 0 Å². The van der Waals surface area contributed by atoms with E-state index in [0.717, 1.165) is 12.1 Å². The molecule has 0 radical (unpaired) electrons. The van der Waals surface area contributed by atoms with Crippen LogP contribution in [0.1, 0.15) is 12.0 Å². The van der Waals surface area contributed by atoms with Gasteiger partial charge in [0.15, 0.2) is 0 Å². The lowest BCUT2D eigenvalue weighted by atomic mass is 10.1. The van der Waals surface area contributed by atoms with Crippen LogP contribution in [-0.4, -0.2) is 28.7 Å². The Labute approximate surface area is 167 Å². The summed E-state index contributed by atoms with van der Waals surface area (Å²) in [4.78, 5) is 38.4. The van der Waals surface area contributed by atoms with Crippen molar-refractivity contribution in [1.29, 1.82) is 0 Å². The van der Waals surface area contributed by atoms with E-state index < -0.39 is 34.5 Å². The highest BCUT2D eigenvalue weighted by Gasteiger charge is 2.31. The monoisotopic (exact) mass is 421 g/mol. The number of carbonyl (C=O) groups excluding carboxylic acids is 2. The Bertz CT molecular complexity index is 1020. The zero-order valence-electron chi connectivity index (χ0n) is 15.1. The molecular weight excluding hydrogens is 407 g/mol. The minimum absolute atomic E-state index is 0.0281. The van der Waals surface area contributed by atoms with Crippen molar-refractivity contribution in [3.8, 4) is 0 Å². The molecule has 2 amide bonds. The van der Waals surface area contributed by atoms with Gasteiger partial charge in [0.2, 0.25) is 17.8 Å². The Balaban J connectivity index is 1.73. The Morgan fingerprint density at radius 3 is 2.50 bits per heavy atom. The standard InChI is InChI=1S/C18H14F3N5O4/c19-18(20,21)10-2-1-3-12(8-10)23-17-24-14(9-15(27)25-17)16(28)22-11-4-6-13(7-5-11)26(29)30/h1-8,14H,9H2,(H,22,28)(H2,23,24,25,27)/t14-/m0/s1. The number of nitrogens with one attached hydrogen (secondary N) is 3. The van der Waals surface area contributed by atoms with Crippen LogP contribution in [-0.2, 0) is 15.8 Å². The molecule has 1 atom stereocenters. The second-order valence-corrected chi connectivity index (χ2v) is 6.24. The molecule has 0 aromatic heterocycles. The Kier molecular flexibility index (Phi) is 5.67. The maximum atomic E-state index is 12.8. The fourth-order valence-electron chi connectivity index (χ4n) is 2.61. The number of rotatable bonds is 4. The number of aliphatic imine (C=N–C) groups is 1. The minimum atomic E-state index is -4.54. The van der Waals surface area contributed by atoms with Crippen LogP contribution >= 0.6 is 0 Å². The number of alkyl halides is 3. The summed E-state index contributed by atoms with van der Waals surface area (Å²) in [5, 5.41) is 18.1. The van der Waals surface area contributed by atoms with Gasteiger partial charge < -0.3 is 10.6 Å². The number of nitrogens with zero attached hydrogens (tertiary/aromatic N) is 2. The zero-order chi connectivity index (χ0) is 21.9. The van der Waals surface area contributed by atoms with Crippen LogP contribution in [0, 0.1) is 10.1 Å². The number of amides is 2. The molecule has 1 heterocycles. The number of hydrogen-bond acceptors (Lipinski definition) is 6. The van der Waals surface area contributed by atoms with E-state index in [-0.39, 0.29) is 29.4 Å². The van der Waals surface area contributed by atoms with E-state index >= 15 is 0 Å². The van der Waals surface area contributed by atoms with E-state index in [4.69, 9.17) is 0 Å². The van der Waals surface area contributed by atoms with E-state index in [1.54, 1.807) is 0 Å². The number of hydrogen-bond donors (Lipinski definition) is 3. The summed E-state index contributed by atoms with van der Waals surface area (Å²) in [6, 6.07) is 8.19. The summed E-state index contributed by atoms with van der Waals surface area (Å²) in [6.45, 7) is 0. The summed E-state index contributed by atoms with van der Waals surface area (Å²) >= 11 is 0. The molecule has 9 nitrogen and oxygen atoms in total. The highest BCUT2D eigenvalue weighted by Crippen LogP contribution is 2.30. The third-order valence-electron chi connectivity index (χ3n) is 4.02. The van der Waals surface area contributed by atoms with E-state index in [9.17, 15) is 32.9 Å². The summed E-state index contributed by atoms with van der Waals surface area (Å²) in [5.74, 6) is -1.38. The molecule has 0 saturated carbocycles. The fourth-order valence-corrected chi connectivity index (χ4v) is 2.61. The number of halogens is 3. The van der Waals surface area contributed by atoms with Gasteiger partial charge in [-0.1, -0.05) is 6.07 Å². The molecule has 0 bridgehead atoms. The minimum Gasteiger partial charge on any atom is -0.326 e. The normalized spacial score (nSPS) is 16.3. The van der Waals surface area contributed by atoms with Crippen LogP contribution < -0.4 is 16.0 Å². The number of nitro benzene ring substituents is 1. The van der Waals surface area contributed by atoms with Crippen molar-refractivity contribution >= 4 is 34.8 Å². The van der Waals surface area contributed by atoms with Crippen LogP contribution in [0.2, 0.25) is 0 Å². The van der Waals surface area contributed by atoms with Crippen molar-refractivity contribution < 1.29 is 27.7 Å². The third kappa shape index (κ3) is 5.10. The van der Waals surface area contributed by atoms with Crippen molar-refractivity contribution in [3.05, 3.63) is 64.2 Å². The number of guanidine groups is 1. The van der Waals surface area contributed by atoms with Crippen LogP contribution in [0.25, 0.3) is 0 Å². The van der Waals surface area contributed by atoms with Crippen LogP contribution in [0.3, 0.4) is 0 Å². The molecule has 3 N–H and O–H groups in total. The van der Waals surface area contributed by atoms with Gasteiger partial charge in [-0.25, -0.2) is 4.99 Å². The molecule has 0 saturated heterocycles. The lowest BCUT2D eigenvalue weighted by molar-refractivity contribution is -0.384. The van der Waals surface area contributed by atoms with E-state index in [1.165, 1.54) is 36.4 Å².